The highest BCUT2D eigenvalue weighted by atomic mass is 15.0. The lowest BCUT2D eigenvalue weighted by Gasteiger charge is -1.94. The smallest absolute Gasteiger partial charge is 0.234 e. The van der Waals surface area contributed by atoms with Crippen LogP contribution in [0.15, 0.2) is 12.3 Å². The summed E-state index contributed by atoms with van der Waals surface area (Å²) >= 11 is 0. The highest BCUT2D eigenvalue weighted by Crippen LogP contribution is 1.97. The molecule has 0 fully saturated rings. The fourth-order valence-electron chi connectivity index (χ4n) is 0.552. The van der Waals surface area contributed by atoms with Gasteiger partial charge in [0.05, 0.1) is 0 Å². The van der Waals surface area contributed by atoms with E-state index in [9.17, 15) is 0 Å². The Morgan fingerprint density at radius 3 is 3.10 bits per heavy atom. The molecule has 0 spiro atoms. The van der Waals surface area contributed by atoms with E-state index in [1.807, 2.05) is 6.07 Å². The third kappa shape index (κ3) is 1.20. The molecule has 0 atom stereocenters. The van der Waals surface area contributed by atoms with Gasteiger partial charge in [0.15, 0.2) is 0 Å². The van der Waals surface area contributed by atoms with Gasteiger partial charge in [-0.3, -0.25) is 0 Å². The minimum absolute atomic E-state index is 0.187. The lowest BCUT2D eigenvalue weighted by atomic mass is 10.5. The number of rotatable bonds is 1. The van der Waals surface area contributed by atoms with E-state index in [1.165, 1.54) is 6.20 Å². The largest absolute Gasteiger partial charge is 0.373 e. The molecule has 0 aliphatic heterocycles. The molecule has 0 radical (unpaired) electrons. The van der Waals surface area contributed by atoms with Crippen LogP contribution in [0.25, 0.3) is 0 Å². The zero-order valence-corrected chi connectivity index (χ0v) is 5.50. The normalized spacial score (nSPS) is 8.40. The Hall–Kier alpha value is -1.63. The molecule has 1 N–H and O–H groups in total. The Morgan fingerprint density at radius 2 is 2.50 bits per heavy atom. The van der Waals surface area contributed by atoms with Gasteiger partial charge in [0.25, 0.3) is 0 Å². The molecule has 4 nitrogen and oxygen atoms in total. The van der Waals surface area contributed by atoms with Gasteiger partial charge in [-0.1, -0.05) is 0 Å². The SMILES string of the molecule is CNc1ccnc(C#N)n1. The van der Waals surface area contributed by atoms with Gasteiger partial charge in [-0.15, -0.1) is 0 Å². The predicted molar refractivity (Wildman–Crippen MR) is 36.3 cm³/mol. The lowest BCUT2D eigenvalue weighted by Crippen LogP contribution is -1.95. The van der Waals surface area contributed by atoms with Crippen LogP contribution in [0.1, 0.15) is 5.82 Å². The molecule has 0 unspecified atom stereocenters. The third-order valence-corrected chi connectivity index (χ3v) is 1.01. The van der Waals surface area contributed by atoms with Gasteiger partial charge in [0.1, 0.15) is 11.9 Å². The van der Waals surface area contributed by atoms with Crippen molar-refractivity contribution < 1.29 is 0 Å². The second-order valence-electron chi connectivity index (χ2n) is 1.63. The average molecular weight is 134 g/mol. The Kier molecular flexibility index (Phi) is 1.80. The molecule has 0 saturated heterocycles. The Morgan fingerprint density at radius 1 is 1.70 bits per heavy atom. The first kappa shape index (κ1) is 6.49. The molecule has 0 saturated carbocycles. The van der Waals surface area contributed by atoms with Crippen LogP contribution in [0.5, 0.6) is 0 Å². The maximum absolute atomic E-state index is 8.35. The minimum Gasteiger partial charge on any atom is -0.373 e. The van der Waals surface area contributed by atoms with Gasteiger partial charge < -0.3 is 5.32 Å². The first-order valence-corrected chi connectivity index (χ1v) is 2.77. The molecular formula is C6H6N4. The first-order chi connectivity index (χ1) is 4.86. The van der Waals surface area contributed by atoms with Gasteiger partial charge in [-0.25, -0.2) is 9.97 Å². The van der Waals surface area contributed by atoms with Crippen molar-refractivity contribution in [3.63, 3.8) is 0 Å². The van der Waals surface area contributed by atoms with Crippen molar-refractivity contribution in [2.45, 2.75) is 0 Å². The molecule has 0 amide bonds. The van der Waals surface area contributed by atoms with Gasteiger partial charge >= 0.3 is 0 Å². The molecule has 0 bridgehead atoms. The summed E-state index contributed by atoms with van der Waals surface area (Å²) in [6.07, 6.45) is 1.54. The van der Waals surface area contributed by atoms with Gasteiger partial charge in [0.2, 0.25) is 5.82 Å². The van der Waals surface area contributed by atoms with Crippen LogP contribution in [-0.4, -0.2) is 17.0 Å². The van der Waals surface area contributed by atoms with E-state index < -0.39 is 0 Å². The lowest BCUT2D eigenvalue weighted by molar-refractivity contribution is 1.11. The number of nitrogens with one attached hydrogen (secondary N) is 1. The monoisotopic (exact) mass is 134 g/mol. The summed E-state index contributed by atoms with van der Waals surface area (Å²) < 4.78 is 0. The number of nitriles is 1. The summed E-state index contributed by atoms with van der Waals surface area (Å²) in [7, 11) is 1.74. The van der Waals surface area contributed by atoms with Crippen molar-refractivity contribution >= 4 is 5.82 Å². The Labute approximate surface area is 58.5 Å². The molecule has 10 heavy (non-hydrogen) atoms. The average Bonchev–Trinajstić information content (AvgIpc) is 2.05. The number of anilines is 1. The van der Waals surface area contributed by atoms with Crippen LogP contribution in [-0.2, 0) is 0 Å². The van der Waals surface area contributed by atoms with E-state index >= 15 is 0 Å². The van der Waals surface area contributed by atoms with Crippen molar-refractivity contribution in [3.8, 4) is 6.07 Å². The van der Waals surface area contributed by atoms with Gasteiger partial charge in [-0.2, -0.15) is 5.26 Å². The second-order valence-corrected chi connectivity index (χ2v) is 1.63. The van der Waals surface area contributed by atoms with E-state index in [0.29, 0.717) is 5.82 Å². The molecule has 0 aliphatic rings. The van der Waals surface area contributed by atoms with Crippen molar-refractivity contribution in [2.24, 2.45) is 0 Å². The van der Waals surface area contributed by atoms with Crippen LogP contribution in [0.3, 0.4) is 0 Å². The second kappa shape index (κ2) is 2.78. The van der Waals surface area contributed by atoms with Crippen LogP contribution in [0.4, 0.5) is 5.82 Å². The van der Waals surface area contributed by atoms with Crippen molar-refractivity contribution in [1.29, 1.82) is 5.26 Å². The van der Waals surface area contributed by atoms with Crippen LogP contribution >= 0.6 is 0 Å². The highest BCUT2D eigenvalue weighted by Gasteiger charge is 1.92. The molecule has 1 rings (SSSR count). The van der Waals surface area contributed by atoms with Crippen molar-refractivity contribution in [3.05, 3.63) is 18.1 Å². The molecule has 0 aliphatic carbocycles. The highest BCUT2D eigenvalue weighted by molar-refractivity contribution is 5.33. The molecule has 0 aromatic carbocycles. The molecule has 1 heterocycles. The van der Waals surface area contributed by atoms with E-state index in [0.717, 1.165) is 0 Å². The summed E-state index contributed by atoms with van der Waals surface area (Å²) in [5, 5.41) is 11.2. The van der Waals surface area contributed by atoms with Crippen molar-refractivity contribution in [2.75, 3.05) is 12.4 Å². The molecule has 1 aromatic heterocycles. The Bertz CT molecular complexity index is 263. The van der Waals surface area contributed by atoms with E-state index in [2.05, 4.69) is 15.3 Å². The fraction of sp³-hybridized carbons (Fsp3) is 0.167. The summed E-state index contributed by atoms with van der Waals surface area (Å²) in [6, 6.07) is 3.53. The number of aromatic nitrogens is 2. The predicted octanol–water partition coefficient (Wildman–Crippen LogP) is 0.390. The maximum Gasteiger partial charge on any atom is 0.234 e. The summed E-state index contributed by atoms with van der Waals surface area (Å²) in [5.74, 6) is 0.846. The molecule has 1 aromatic rings. The fourth-order valence-corrected chi connectivity index (χ4v) is 0.552. The molecular weight excluding hydrogens is 128 g/mol. The Balaban J connectivity index is 3.01. The molecule has 50 valence electrons. The minimum atomic E-state index is 0.187. The van der Waals surface area contributed by atoms with Gasteiger partial charge in [-0.05, 0) is 6.07 Å². The van der Waals surface area contributed by atoms with E-state index in [4.69, 9.17) is 5.26 Å². The van der Waals surface area contributed by atoms with E-state index in [-0.39, 0.29) is 5.82 Å². The standard InChI is InChI=1S/C6H6N4/c1-8-5-2-3-9-6(4-7)10-5/h2-3H,1H3,(H,8,9,10). The summed E-state index contributed by atoms with van der Waals surface area (Å²) in [4.78, 5) is 7.52. The summed E-state index contributed by atoms with van der Waals surface area (Å²) in [6.45, 7) is 0. The zero-order valence-electron chi connectivity index (χ0n) is 5.50. The number of hydrogen-bond donors (Lipinski definition) is 1. The first-order valence-electron chi connectivity index (χ1n) is 2.77. The van der Waals surface area contributed by atoms with Gasteiger partial charge in [0, 0.05) is 13.2 Å². The topological polar surface area (TPSA) is 61.6 Å². The van der Waals surface area contributed by atoms with Crippen LogP contribution in [0, 0.1) is 11.3 Å². The molecule has 4 heteroatoms. The maximum atomic E-state index is 8.35. The summed E-state index contributed by atoms with van der Waals surface area (Å²) in [5.41, 5.74) is 0. The number of nitrogens with zero attached hydrogens (tertiary/aromatic N) is 3. The van der Waals surface area contributed by atoms with Crippen molar-refractivity contribution in [1.82, 2.24) is 9.97 Å². The third-order valence-electron chi connectivity index (χ3n) is 1.01. The number of hydrogen-bond acceptors (Lipinski definition) is 4. The quantitative estimate of drug-likeness (QED) is 0.603. The van der Waals surface area contributed by atoms with Crippen LogP contribution in [0.2, 0.25) is 0 Å². The van der Waals surface area contributed by atoms with Crippen LogP contribution < -0.4 is 5.32 Å². The zero-order chi connectivity index (χ0) is 7.40. The van der Waals surface area contributed by atoms with E-state index in [1.54, 1.807) is 13.1 Å².